The molecule has 1 aromatic rings. The second kappa shape index (κ2) is 4.65. The molecule has 4 heteroatoms. The van der Waals surface area contributed by atoms with E-state index < -0.39 is 5.97 Å². The molecule has 1 fully saturated rings. The van der Waals surface area contributed by atoms with Crippen molar-refractivity contribution in [1.82, 2.24) is 0 Å². The molecule has 1 aromatic carbocycles. The third kappa shape index (κ3) is 2.08. The van der Waals surface area contributed by atoms with Crippen molar-refractivity contribution in [2.24, 2.45) is 0 Å². The summed E-state index contributed by atoms with van der Waals surface area (Å²) in [6, 6.07) is 2.13. The van der Waals surface area contributed by atoms with Gasteiger partial charge in [-0.05, 0) is 50.2 Å². The van der Waals surface area contributed by atoms with E-state index in [-0.39, 0.29) is 11.8 Å². The first-order valence-electron chi connectivity index (χ1n) is 7.86. The summed E-state index contributed by atoms with van der Waals surface area (Å²) in [4.78, 5) is 11.3. The van der Waals surface area contributed by atoms with E-state index in [0.29, 0.717) is 0 Å². The van der Waals surface area contributed by atoms with Gasteiger partial charge in [0.1, 0.15) is 11.5 Å². The lowest BCUT2D eigenvalue weighted by Crippen LogP contribution is -2.23. The Morgan fingerprint density at radius 3 is 2.71 bits per heavy atom. The van der Waals surface area contributed by atoms with Crippen molar-refractivity contribution in [2.75, 3.05) is 13.2 Å². The molecular formula is C17H20O4. The van der Waals surface area contributed by atoms with Crippen molar-refractivity contribution in [3.8, 4) is 11.5 Å². The second-order valence-corrected chi connectivity index (χ2v) is 6.47. The lowest BCUT2D eigenvalue weighted by molar-refractivity contribution is -0.137. The highest BCUT2D eigenvalue weighted by Crippen LogP contribution is 2.58. The number of rotatable bonds is 3. The molecule has 112 valence electrons. The van der Waals surface area contributed by atoms with Gasteiger partial charge in [0.15, 0.2) is 0 Å². The van der Waals surface area contributed by atoms with E-state index in [1.807, 2.05) is 0 Å². The normalized spacial score (nSPS) is 21.5. The predicted molar refractivity (Wildman–Crippen MR) is 77.2 cm³/mol. The molecule has 2 heterocycles. The lowest BCUT2D eigenvalue weighted by Gasteiger charge is -2.30. The first kappa shape index (κ1) is 13.0. The van der Waals surface area contributed by atoms with Crippen molar-refractivity contribution >= 4 is 5.97 Å². The minimum atomic E-state index is -0.716. The van der Waals surface area contributed by atoms with Gasteiger partial charge in [-0.3, -0.25) is 4.79 Å². The van der Waals surface area contributed by atoms with Crippen molar-refractivity contribution < 1.29 is 19.4 Å². The fourth-order valence-electron chi connectivity index (χ4n) is 3.84. The molecular weight excluding hydrogens is 268 g/mol. The van der Waals surface area contributed by atoms with E-state index in [2.05, 4.69) is 6.07 Å². The summed E-state index contributed by atoms with van der Waals surface area (Å²) in [6.45, 7) is 1.50. The largest absolute Gasteiger partial charge is 0.493 e. The van der Waals surface area contributed by atoms with Crippen LogP contribution < -0.4 is 9.47 Å². The number of hydrogen-bond acceptors (Lipinski definition) is 3. The Labute approximate surface area is 124 Å². The minimum absolute atomic E-state index is 0.208. The summed E-state index contributed by atoms with van der Waals surface area (Å²) >= 11 is 0. The molecule has 4 nitrogen and oxygen atoms in total. The summed E-state index contributed by atoms with van der Waals surface area (Å²) in [5.74, 6) is 1.23. The number of benzene rings is 1. The summed E-state index contributed by atoms with van der Waals surface area (Å²) in [7, 11) is 0. The minimum Gasteiger partial charge on any atom is -0.493 e. The maximum atomic E-state index is 11.3. The van der Waals surface area contributed by atoms with Crippen LogP contribution in [0.15, 0.2) is 6.07 Å². The summed E-state index contributed by atoms with van der Waals surface area (Å²) < 4.78 is 11.8. The van der Waals surface area contributed by atoms with Gasteiger partial charge in [-0.25, -0.2) is 0 Å². The molecule has 1 saturated carbocycles. The number of carbonyl (C=O) groups is 1. The Bertz CT molecular complexity index is 567. The van der Waals surface area contributed by atoms with E-state index in [1.165, 1.54) is 11.1 Å². The molecule has 2 aliphatic heterocycles. The maximum absolute atomic E-state index is 11.3. The Balaban J connectivity index is 1.89. The van der Waals surface area contributed by atoms with E-state index >= 15 is 0 Å². The zero-order valence-electron chi connectivity index (χ0n) is 12.1. The average molecular weight is 288 g/mol. The van der Waals surface area contributed by atoms with Gasteiger partial charge in [0.05, 0.1) is 19.6 Å². The van der Waals surface area contributed by atoms with E-state index in [1.54, 1.807) is 0 Å². The highest BCUT2D eigenvalue weighted by atomic mass is 16.5. The van der Waals surface area contributed by atoms with E-state index in [4.69, 9.17) is 9.47 Å². The van der Waals surface area contributed by atoms with Crippen LogP contribution in [0, 0.1) is 0 Å². The molecule has 0 aromatic heterocycles. The highest BCUT2D eigenvalue weighted by Gasteiger charge is 2.50. The van der Waals surface area contributed by atoms with Crippen LogP contribution in [0.3, 0.4) is 0 Å². The number of aryl methyl sites for hydroxylation is 1. The quantitative estimate of drug-likeness (QED) is 0.929. The Morgan fingerprint density at radius 1 is 1.19 bits per heavy atom. The first-order chi connectivity index (χ1) is 10.2. The molecule has 1 aliphatic carbocycles. The molecule has 4 rings (SSSR count). The number of ether oxygens (including phenoxy) is 2. The van der Waals surface area contributed by atoms with Gasteiger partial charge < -0.3 is 14.6 Å². The van der Waals surface area contributed by atoms with Crippen molar-refractivity contribution in [3.05, 3.63) is 22.8 Å². The van der Waals surface area contributed by atoms with Gasteiger partial charge in [-0.15, -0.1) is 0 Å². The van der Waals surface area contributed by atoms with Gasteiger partial charge in [-0.2, -0.15) is 0 Å². The third-order valence-corrected chi connectivity index (χ3v) is 4.96. The van der Waals surface area contributed by atoms with Gasteiger partial charge in [0.25, 0.3) is 0 Å². The molecule has 0 amide bonds. The number of carboxylic acids is 1. The molecule has 1 N–H and O–H groups in total. The van der Waals surface area contributed by atoms with Gasteiger partial charge >= 0.3 is 5.97 Å². The lowest BCUT2D eigenvalue weighted by atomic mass is 9.82. The number of fused-ring (bicyclic) bond motifs is 2. The fraction of sp³-hybridized carbons (Fsp3) is 0.588. The van der Waals surface area contributed by atoms with Crippen molar-refractivity contribution in [1.29, 1.82) is 0 Å². The summed E-state index contributed by atoms with van der Waals surface area (Å²) in [5.41, 5.74) is 3.37. The number of carboxylic acid groups (broad SMARTS) is 1. The molecule has 0 spiro atoms. The SMILES string of the molecule is O=C(O)CC1(c2c3c(cc4c2OCCC4)OCCC3)CC1. The molecule has 3 aliphatic rings. The van der Waals surface area contributed by atoms with Crippen LogP contribution >= 0.6 is 0 Å². The second-order valence-electron chi connectivity index (χ2n) is 6.47. The molecule has 0 saturated heterocycles. The van der Waals surface area contributed by atoms with Gasteiger partial charge in [0.2, 0.25) is 0 Å². The van der Waals surface area contributed by atoms with Crippen molar-refractivity contribution in [3.63, 3.8) is 0 Å². The molecule has 0 radical (unpaired) electrons. The van der Waals surface area contributed by atoms with Crippen LogP contribution in [0.5, 0.6) is 11.5 Å². The van der Waals surface area contributed by atoms with E-state index in [9.17, 15) is 9.90 Å². The molecule has 0 bridgehead atoms. The molecule has 0 atom stereocenters. The average Bonchev–Trinajstić information content (AvgIpc) is 3.24. The van der Waals surface area contributed by atoms with Crippen LogP contribution in [0.2, 0.25) is 0 Å². The smallest absolute Gasteiger partial charge is 0.304 e. The van der Waals surface area contributed by atoms with Crippen molar-refractivity contribution in [2.45, 2.75) is 50.4 Å². The zero-order valence-corrected chi connectivity index (χ0v) is 12.1. The Morgan fingerprint density at radius 2 is 1.95 bits per heavy atom. The Hall–Kier alpha value is -1.71. The standard InChI is InChI=1S/C17H20O4/c18-14(19)10-17(5-6-17)15-12-4-2-7-20-13(12)9-11-3-1-8-21-16(11)15/h9H,1-8,10H2,(H,18,19). The molecule has 21 heavy (non-hydrogen) atoms. The fourth-order valence-corrected chi connectivity index (χ4v) is 3.84. The third-order valence-electron chi connectivity index (χ3n) is 4.96. The zero-order chi connectivity index (χ0) is 14.4. The molecule has 0 unspecified atom stereocenters. The number of aliphatic carboxylic acids is 1. The topological polar surface area (TPSA) is 55.8 Å². The maximum Gasteiger partial charge on any atom is 0.304 e. The van der Waals surface area contributed by atoms with Gasteiger partial charge in [-0.1, -0.05) is 0 Å². The van der Waals surface area contributed by atoms with Crippen LogP contribution in [-0.4, -0.2) is 24.3 Å². The van der Waals surface area contributed by atoms with Crippen LogP contribution in [0.1, 0.15) is 48.8 Å². The van der Waals surface area contributed by atoms with Crippen LogP contribution in [-0.2, 0) is 23.1 Å². The summed E-state index contributed by atoms with van der Waals surface area (Å²) in [6.07, 6.45) is 6.11. The van der Waals surface area contributed by atoms with Crippen LogP contribution in [0.25, 0.3) is 0 Å². The Kier molecular flexibility index (Phi) is 2.88. The predicted octanol–water partition coefficient (Wildman–Crippen LogP) is 2.84. The van der Waals surface area contributed by atoms with Crippen LogP contribution in [0.4, 0.5) is 0 Å². The first-order valence-corrected chi connectivity index (χ1v) is 7.86. The highest BCUT2D eigenvalue weighted by molar-refractivity contribution is 5.72. The van der Waals surface area contributed by atoms with Gasteiger partial charge in [0, 0.05) is 16.5 Å². The monoisotopic (exact) mass is 288 g/mol. The number of hydrogen-bond donors (Lipinski definition) is 1. The summed E-state index contributed by atoms with van der Waals surface area (Å²) in [5, 5.41) is 9.29. The van der Waals surface area contributed by atoms with E-state index in [0.717, 1.165) is 68.8 Å².